The van der Waals surface area contributed by atoms with Gasteiger partial charge in [0.1, 0.15) is 0 Å². The van der Waals surface area contributed by atoms with E-state index in [9.17, 15) is 8.42 Å². The number of rotatable bonds is 6. The second kappa shape index (κ2) is 10.4. The van der Waals surface area contributed by atoms with Crippen LogP contribution < -0.4 is 9.62 Å². The molecule has 0 radical (unpaired) electrons. The molecule has 0 saturated carbocycles. The fraction of sp³-hybridized carbons (Fsp3) is 0.360. The number of nitrogens with one attached hydrogen (secondary N) is 1. The monoisotopic (exact) mass is 524 g/mol. The molecule has 1 N–H and O–H groups in total. The van der Waals surface area contributed by atoms with Crippen LogP contribution in [0.4, 0.5) is 5.69 Å². The Hall–Kier alpha value is -1.50. The summed E-state index contributed by atoms with van der Waals surface area (Å²) in [6.45, 7) is 2.98. The van der Waals surface area contributed by atoms with Crippen molar-refractivity contribution in [3.8, 4) is 0 Å². The third-order valence-electron chi connectivity index (χ3n) is 6.33. The van der Waals surface area contributed by atoms with Crippen LogP contribution in [-0.2, 0) is 10.0 Å². The Labute approximate surface area is 211 Å². The minimum absolute atomic E-state index is 0.143. The molecule has 1 aliphatic carbocycles. The van der Waals surface area contributed by atoms with Crippen molar-refractivity contribution < 1.29 is 8.42 Å². The molecular formula is C25H27Cl3N2O2S. The van der Waals surface area contributed by atoms with Gasteiger partial charge < -0.3 is 4.90 Å². The number of halogens is 3. The van der Waals surface area contributed by atoms with Crippen molar-refractivity contribution >= 4 is 50.5 Å². The summed E-state index contributed by atoms with van der Waals surface area (Å²) in [5.41, 5.74) is 3.15. The van der Waals surface area contributed by atoms with Crippen molar-refractivity contribution in [2.45, 2.75) is 43.5 Å². The molecule has 33 heavy (non-hydrogen) atoms. The molecule has 2 aromatic carbocycles. The van der Waals surface area contributed by atoms with Crippen molar-refractivity contribution in [3.63, 3.8) is 0 Å². The average molecular weight is 526 g/mol. The van der Waals surface area contributed by atoms with Crippen LogP contribution in [0, 0.1) is 12.8 Å². The normalized spacial score (nSPS) is 21.8. The molecule has 4 rings (SSSR count). The van der Waals surface area contributed by atoms with E-state index < -0.39 is 10.0 Å². The molecule has 1 aliphatic heterocycles. The largest absolute Gasteiger partial charge is 0.364 e. The molecule has 1 saturated heterocycles. The highest BCUT2D eigenvalue weighted by molar-refractivity contribution is 7.89. The lowest BCUT2D eigenvalue weighted by Gasteiger charge is -2.43. The zero-order valence-electron chi connectivity index (χ0n) is 18.4. The minimum Gasteiger partial charge on any atom is -0.364 e. The van der Waals surface area contributed by atoms with Gasteiger partial charge in [0.05, 0.1) is 10.9 Å². The van der Waals surface area contributed by atoms with E-state index in [1.807, 2.05) is 43.3 Å². The molecule has 2 aromatic rings. The molecule has 0 aromatic heterocycles. The third-order valence-corrected chi connectivity index (χ3v) is 8.65. The Kier molecular flexibility index (Phi) is 7.76. The van der Waals surface area contributed by atoms with Crippen LogP contribution in [0.25, 0.3) is 0 Å². The van der Waals surface area contributed by atoms with Crippen molar-refractivity contribution in [2.24, 2.45) is 5.92 Å². The quantitative estimate of drug-likeness (QED) is 0.461. The summed E-state index contributed by atoms with van der Waals surface area (Å²) in [4.78, 5) is 2.63. The summed E-state index contributed by atoms with van der Waals surface area (Å²) < 4.78 is 28.5. The maximum absolute atomic E-state index is 12.8. The first kappa shape index (κ1) is 24.6. The Morgan fingerprint density at radius 2 is 1.79 bits per heavy atom. The van der Waals surface area contributed by atoms with Gasteiger partial charge in [-0.15, -0.1) is 0 Å². The van der Waals surface area contributed by atoms with Crippen LogP contribution >= 0.6 is 34.8 Å². The van der Waals surface area contributed by atoms with Gasteiger partial charge in [-0.3, -0.25) is 0 Å². The van der Waals surface area contributed by atoms with Gasteiger partial charge in [0.25, 0.3) is 0 Å². The van der Waals surface area contributed by atoms with Crippen LogP contribution in [0.1, 0.15) is 31.2 Å². The molecular weight excluding hydrogens is 499 g/mol. The Morgan fingerprint density at radius 1 is 1.03 bits per heavy atom. The zero-order chi connectivity index (χ0) is 23.6. The van der Waals surface area contributed by atoms with E-state index in [0.717, 1.165) is 42.0 Å². The standard InChI is InChI=1S/C25H27Cl3N2O2S/c1-17-3-2-4-22(13-17)33(31,32)29-15-18-5-12-25(23-11-8-20(27)14-24(23)28)30(16-18)21-9-6-19(26)7-10-21/h2-4,6-7,9-10,13-14,18,25,29H,5,8,11-12,15-16H2,1H3. The predicted octanol–water partition coefficient (Wildman–Crippen LogP) is 6.62. The summed E-state index contributed by atoms with van der Waals surface area (Å²) in [5, 5.41) is 2.18. The summed E-state index contributed by atoms with van der Waals surface area (Å²) in [6.07, 6.45) is 5.25. The number of hydrogen-bond donors (Lipinski definition) is 1. The lowest BCUT2D eigenvalue weighted by atomic mass is 9.85. The van der Waals surface area contributed by atoms with E-state index in [-0.39, 0.29) is 12.0 Å². The average Bonchev–Trinajstić information content (AvgIpc) is 2.78. The number of hydrogen-bond acceptors (Lipinski definition) is 3. The van der Waals surface area contributed by atoms with Crippen molar-refractivity contribution in [3.05, 3.63) is 80.8 Å². The van der Waals surface area contributed by atoms with Crippen LogP contribution in [0.3, 0.4) is 0 Å². The highest BCUT2D eigenvalue weighted by atomic mass is 35.5. The first-order valence-corrected chi connectivity index (χ1v) is 13.7. The lowest BCUT2D eigenvalue weighted by molar-refractivity contribution is 0.369. The van der Waals surface area contributed by atoms with Gasteiger partial charge in [0.2, 0.25) is 10.0 Å². The van der Waals surface area contributed by atoms with Gasteiger partial charge in [-0.05, 0) is 92.1 Å². The SMILES string of the molecule is Cc1cccc(S(=O)(=O)NCC2CCC(C3=C(Cl)C=C(Cl)CC3)N(c3ccc(Cl)cc3)C2)c1. The molecule has 0 spiro atoms. The maximum atomic E-state index is 12.8. The summed E-state index contributed by atoms with van der Waals surface area (Å²) in [7, 11) is -3.56. The lowest BCUT2D eigenvalue weighted by Crippen LogP contribution is -2.47. The number of allylic oxidation sites excluding steroid dienone is 3. The number of anilines is 1. The molecule has 4 nitrogen and oxygen atoms in total. The van der Waals surface area contributed by atoms with E-state index in [1.54, 1.807) is 18.2 Å². The molecule has 8 heteroatoms. The highest BCUT2D eigenvalue weighted by Gasteiger charge is 2.33. The summed E-state index contributed by atoms with van der Waals surface area (Å²) in [6, 6.07) is 14.9. The van der Waals surface area contributed by atoms with E-state index >= 15 is 0 Å². The van der Waals surface area contributed by atoms with Gasteiger partial charge >= 0.3 is 0 Å². The van der Waals surface area contributed by atoms with Crippen molar-refractivity contribution in [1.29, 1.82) is 0 Å². The van der Waals surface area contributed by atoms with Crippen LogP contribution in [0.5, 0.6) is 0 Å². The van der Waals surface area contributed by atoms with E-state index in [2.05, 4.69) is 9.62 Å². The number of nitrogens with zero attached hydrogens (tertiary/aromatic N) is 1. The van der Waals surface area contributed by atoms with E-state index in [1.165, 1.54) is 5.57 Å². The van der Waals surface area contributed by atoms with Gasteiger partial charge in [0, 0.05) is 33.9 Å². The topological polar surface area (TPSA) is 49.4 Å². The van der Waals surface area contributed by atoms with Gasteiger partial charge in [-0.1, -0.05) is 46.9 Å². The molecule has 0 bridgehead atoms. The van der Waals surface area contributed by atoms with E-state index in [0.29, 0.717) is 28.0 Å². The Balaban J connectivity index is 1.54. The number of piperidine rings is 1. The Bertz CT molecular complexity index is 1180. The zero-order valence-corrected chi connectivity index (χ0v) is 21.5. The van der Waals surface area contributed by atoms with Gasteiger partial charge in [0.15, 0.2) is 0 Å². The van der Waals surface area contributed by atoms with Gasteiger partial charge in [-0.2, -0.15) is 0 Å². The molecule has 176 valence electrons. The number of aryl methyl sites for hydroxylation is 1. The second-order valence-electron chi connectivity index (χ2n) is 8.72. The fourth-order valence-electron chi connectivity index (χ4n) is 4.59. The molecule has 0 amide bonds. The summed E-state index contributed by atoms with van der Waals surface area (Å²) >= 11 is 18.9. The van der Waals surface area contributed by atoms with Crippen molar-refractivity contribution in [2.75, 3.05) is 18.0 Å². The highest BCUT2D eigenvalue weighted by Crippen LogP contribution is 2.38. The Morgan fingerprint density at radius 3 is 2.48 bits per heavy atom. The fourth-order valence-corrected chi connectivity index (χ4v) is 6.55. The smallest absolute Gasteiger partial charge is 0.240 e. The van der Waals surface area contributed by atoms with E-state index in [4.69, 9.17) is 34.8 Å². The van der Waals surface area contributed by atoms with Crippen molar-refractivity contribution in [1.82, 2.24) is 4.72 Å². The third kappa shape index (κ3) is 5.95. The first-order chi connectivity index (χ1) is 15.7. The number of benzene rings is 2. The number of sulfonamides is 1. The minimum atomic E-state index is -3.56. The molecule has 2 atom stereocenters. The summed E-state index contributed by atoms with van der Waals surface area (Å²) in [5.74, 6) is 0.165. The predicted molar refractivity (Wildman–Crippen MR) is 138 cm³/mol. The molecule has 2 aliphatic rings. The molecule has 1 fully saturated rings. The molecule has 2 unspecified atom stereocenters. The second-order valence-corrected chi connectivity index (χ2v) is 11.8. The first-order valence-electron chi connectivity index (χ1n) is 11.1. The van der Waals surface area contributed by atoms with Crippen LogP contribution in [0.2, 0.25) is 5.02 Å². The van der Waals surface area contributed by atoms with Gasteiger partial charge in [-0.25, -0.2) is 13.1 Å². The molecule has 1 heterocycles. The van der Waals surface area contributed by atoms with Crippen LogP contribution in [-0.4, -0.2) is 27.5 Å². The maximum Gasteiger partial charge on any atom is 0.240 e. The van der Waals surface area contributed by atoms with Crippen LogP contribution in [0.15, 0.2) is 75.1 Å².